The average Bonchev–Trinajstić information content (AvgIpc) is 2.38. The summed E-state index contributed by atoms with van der Waals surface area (Å²) in [4.78, 5) is 33.1. The lowest BCUT2D eigenvalue weighted by molar-refractivity contribution is -0.128. The van der Waals surface area contributed by atoms with Crippen molar-refractivity contribution in [2.75, 3.05) is 11.4 Å². The van der Waals surface area contributed by atoms with Crippen LogP contribution in [0.2, 0.25) is 0 Å². The van der Waals surface area contributed by atoms with Crippen LogP contribution in [0.4, 0.5) is 5.69 Å². The van der Waals surface area contributed by atoms with Crippen LogP contribution in [0.5, 0.6) is 0 Å². The van der Waals surface area contributed by atoms with Crippen LogP contribution in [-0.2, 0) is 9.59 Å². The molecule has 1 aromatic heterocycles. The maximum Gasteiger partial charge on any atom is 0.252 e. The molecule has 1 saturated heterocycles. The number of hydrogen-bond acceptors (Lipinski definition) is 4. The van der Waals surface area contributed by atoms with E-state index < -0.39 is 5.54 Å². The molecule has 0 atom stereocenters. The Morgan fingerprint density at radius 2 is 1.94 bits per heavy atom. The maximum atomic E-state index is 12.3. The topological polar surface area (TPSA) is 75.2 Å². The van der Waals surface area contributed by atoms with E-state index in [1.54, 1.807) is 26.2 Å². The van der Waals surface area contributed by atoms with E-state index in [1.165, 1.54) is 11.2 Å². The molecule has 1 aromatic rings. The van der Waals surface area contributed by atoms with E-state index in [0.717, 1.165) is 0 Å². The summed E-state index contributed by atoms with van der Waals surface area (Å²) in [7, 11) is 0. The number of carbonyl (C=O) groups is 2. The third-order valence-electron chi connectivity index (χ3n) is 2.65. The Kier molecular flexibility index (Phi) is 2.79. The van der Waals surface area contributed by atoms with Crippen molar-refractivity contribution in [3.63, 3.8) is 0 Å². The fourth-order valence-electron chi connectivity index (χ4n) is 1.79. The number of carbonyl (C=O) groups excluding carboxylic acids is 2. The number of nitrogens with zero attached hydrogens (tertiary/aromatic N) is 3. The van der Waals surface area contributed by atoms with Crippen LogP contribution in [0.25, 0.3) is 0 Å². The minimum Gasteiger partial charge on any atom is -0.342 e. The van der Waals surface area contributed by atoms with Gasteiger partial charge in [-0.1, -0.05) is 0 Å². The summed E-state index contributed by atoms with van der Waals surface area (Å²) < 4.78 is 0. The van der Waals surface area contributed by atoms with Crippen LogP contribution < -0.4 is 10.2 Å². The van der Waals surface area contributed by atoms with Gasteiger partial charge in [0, 0.05) is 13.0 Å². The first-order chi connectivity index (χ1) is 8.00. The summed E-state index contributed by atoms with van der Waals surface area (Å²) in [6.45, 7) is 3.73. The summed E-state index contributed by atoms with van der Waals surface area (Å²) in [5.41, 5.74) is -0.286. The molecule has 2 amide bonds. The average molecular weight is 234 g/mol. The number of rotatable bonds is 1. The van der Waals surface area contributed by atoms with E-state index in [2.05, 4.69) is 15.3 Å². The molecule has 1 fully saturated rings. The van der Waals surface area contributed by atoms with Crippen molar-refractivity contribution in [2.24, 2.45) is 0 Å². The van der Waals surface area contributed by atoms with Gasteiger partial charge in [-0.3, -0.25) is 9.59 Å². The first-order valence-electron chi connectivity index (χ1n) is 5.39. The Bertz CT molecular complexity index is 444. The summed E-state index contributed by atoms with van der Waals surface area (Å²) in [6.07, 6.45) is 4.82. The summed E-state index contributed by atoms with van der Waals surface area (Å²) in [5.74, 6) is -0.277. The van der Waals surface area contributed by atoms with E-state index >= 15 is 0 Å². The molecule has 2 rings (SSSR count). The van der Waals surface area contributed by atoms with Gasteiger partial charge in [-0.25, -0.2) is 9.97 Å². The molecule has 0 radical (unpaired) electrons. The van der Waals surface area contributed by atoms with E-state index in [9.17, 15) is 9.59 Å². The molecule has 6 heteroatoms. The standard InChI is InChI=1S/C11H14N4O2/c1-11(2)10(17)15(4-3-9(16)14-11)8-5-12-7-13-6-8/h5-7H,3-4H2,1-2H3,(H,14,16). The van der Waals surface area contributed by atoms with Gasteiger partial charge in [-0.05, 0) is 13.8 Å². The third kappa shape index (κ3) is 2.25. The van der Waals surface area contributed by atoms with E-state index in [0.29, 0.717) is 12.2 Å². The molecule has 1 N–H and O–H groups in total. The molecule has 0 aromatic carbocycles. The van der Waals surface area contributed by atoms with Crippen molar-refractivity contribution < 1.29 is 9.59 Å². The Labute approximate surface area is 99.1 Å². The van der Waals surface area contributed by atoms with Crippen molar-refractivity contribution in [1.29, 1.82) is 0 Å². The predicted molar refractivity (Wildman–Crippen MR) is 61.2 cm³/mol. The number of aromatic nitrogens is 2. The molecule has 0 saturated carbocycles. The van der Waals surface area contributed by atoms with E-state index in [-0.39, 0.29) is 18.2 Å². The zero-order chi connectivity index (χ0) is 12.5. The normalized spacial score (nSPS) is 19.8. The number of hydrogen-bond donors (Lipinski definition) is 1. The Hall–Kier alpha value is -1.98. The lowest BCUT2D eigenvalue weighted by Gasteiger charge is -2.28. The SMILES string of the molecule is CC1(C)NC(=O)CCN(c2cncnc2)C1=O. The zero-order valence-electron chi connectivity index (χ0n) is 9.80. The van der Waals surface area contributed by atoms with Crippen molar-refractivity contribution in [1.82, 2.24) is 15.3 Å². The summed E-state index contributed by atoms with van der Waals surface area (Å²) in [5, 5.41) is 2.70. The monoisotopic (exact) mass is 234 g/mol. The summed E-state index contributed by atoms with van der Waals surface area (Å²) in [6, 6.07) is 0. The third-order valence-corrected chi connectivity index (χ3v) is 2.65. The minimum atomic E-state index is -0.899. The molecular formula is C11H14N4O2. The molecule has 1 aliphatic heterocycles. The minimum absolute atomic E-state index is 0.123. The number of nitrogens with one attached hydrogen (secondary N) is 1. The molecule has 6 nitrogen and oxygen atoms in total. The molecule has 0 spiro atoms. The smallest absolute Gasteiger partial charge is 0.252 e. The molecule has 0 bridgehead atoms. The molecule has 0 unspecified atom stereocenters. The van der Waals surface area contributed by atoms with Crippen molar-refractivity contribution in [3.8, 4) is 0 Å². The molecule has 90 valence electrons. The molecule has 0 aliphatic carbocycles. The highest BCUT2D eigenvalue weighted by Crippen LogP contribution is 2.19. The van der Waals surface area contributed by atoms with Crippen LogP contribution in [-0.4, -0.2) is 33.9 Å². The largest absolute Gasteiger partial charge is 0.342 e. The van der Waals surface area contributed by atoms with E-state index in [4.69, 9.17) is 0 Å². The molecule has 2 heterocycles. The van der Waals surface area contributed by atoms with Crippen molar-refractivity contribution in [3.05, 3.63) is 18.7 Å². The van der Waals surface area contributed by atoms with Gasteiger partial charge in [0.25, 0.3) is 5.91 Å². The molecular weight excluding hydrogens is 220 g/mol. The van der Waals surface area contributed by atoms with E-state index in [1.807, 2.05) is 0 Å². The second-order valence-electron chi connectivity index (χ2n) is 4.48. The Balaban J connectivity index is 2.34. The fourth-order valence-corrected chi connectivity index (χ4v) is 1.79. The van der Waals surface area contributed by atoms with Gasteiger partial charge in [0.05, 0.1) is 18.1 Å². The van der Waals surface area contributed by atoms with Crippen LogP contribution >= 0.6 is 0 Å². The Morgan fingerprint density at radius 1 is 1.29 bits per heavy atom. The van der Waals surface area contributed by atoms with Gasteiger partial charge >= 0.3 is 0 Å². The first-order valence-corrected chi connectivity index (χ1v) is 5.39. The highest BCUT2D eigenvalue weighted by molar-refractivity contribution is 6.03. The molecule has 1 aliphatic rings. The van der Waals surface area contributed by atoms with Crippen LogP contribution in [0.1, 0.15) is 20.3 Å². The predicted octanol–water partition coefficient (Wildman–Crippen LogP) is 0.108. The summed E-state index contributed by atoms with van der Waals surface area (Å²) >= 11 is 0. The van der Waals surface area contributed by atoms with Gasteiger partial charge in [-0.15, -0.1) is 0 Å². The fraction of sp³-hybridized carbons (Fsp3) is 0.455. The van der Waals surface area contributed by atoms with Crippen LogP contribution in [0, 0.1) is 0 Å². The van der Waals surface area contributed by atoms with Gasteiger partial charge < -0.3 is 10.2 Å². The second-order valence-corrected chi connectivity index (χ2v) is 4.48. The van der Waals surface area contributed by atoms with Crippen molar-refractivity contribution in [2.45, 2.75) is 25.8 Å². The zero-order valence-corrected chi connectivity index (χ0v) is 9.80. The number of amides is 2. The van der Waals surface area contributed by atoms with Gasteiger partial charge in [0.15, 0.2) is 0 Å². The highest BCUT2D eigenvalue weighted by Gasteiger charge is 2.37. The number of anilines is 1. The highest BCUT2D eigenvalue weighted by atomic mass is 16.2. The lowest BCUT2D eigenvalue weighted by atomic mass is 10.0. The maximum absolute atomic E-state index is 12.3. The second kappa shape index (κ2) is 4.12. The van der Waals surface area contributed by atoms with Gasteiger partial charge in [0.1, 0.15) is 11.9 Å². The van der Waals surface area contributed by atoms with Crippen molar-refractivity contribution >= 4 is 17.5 Å². The van der Waals surface area contributed by atoms with Crippen LogP contribution in [0.15, 0.2) is 18.7 Å². The van der Waals surface area contributed by atoms with Crippen LogP contribution in [0.3, 0.4) is 0 Å². The van der Waals surface area contributed by atoms with Gasteiger partial charge in [0.2, 0.25) is 5.91 Å². The quantitative estimate of drug-likeness (QED) is 0.748. The Morgan fingerprint density at radius 3 is 2.59 bits per heavy atom. The lowest BCUT2D eigenvalue weighted by Crippen LogP contribution is -2.53. The first kappa shape index (κ1) is 11.5. The van der Waals surface area contributed by atoms with Gasteiger partial charge in [-0.2, -0.15) is 0 Å². The molecule has 17 heavy (non-hydrogen) atoms.